The molecule has 1 heterocycles. The summed E-state index contributed by atoms with van der Waals surface area (Å²) in [4.78, 5) is 15.6. The molecule has 0 aromatic carbocycles. The number of hydrogen-bond donors (Lipinski definition) is 1. The largest absolute Gasteiger partial charge is 0.371 e. The van der Waals surface area contributed by atoms with E-state index in [1.54, 1.807) is 18.3 Å². The number of aromatic nitrogens is 1. The van der Waals surface area contributed by atoms with Crippen LogP contribution in [0.5, 0.6) is 0 Å². The molecule has 1 unspecified atom stereocenters. The first-order chi connectivity index (χ1) is 7.71. The molecule has 1 aliphatic rings. The van der Waals surface area contributed by atoms with Crippen LogP contribution in [0.2, 0.25) is 0 Å². The molecular weight excluding hydrogens is 202 g/mol. The average Bonchev–Trinajstić information content (AvgIpc) is 2.32. The van der Waals surface area contributed by atoms with E-state index in [1.807, 2.05) is 6.07 Å². The number of carbonyl (C=O) groups is 1. The zero-order valence-corrected chi connectivity index (χ0v) is 8.94. The monoisotopic (exact) mass is 215 g/mol. The summed E-state index contributed by atoms with van der Waals surface area (Å²) in [5.41, 5.74) is -0.871. The number of hydrogen-bond acceptors (Lipinski definition) is 3. The molecule has 1 aliphatic carbocycles. The van der Waals surface area contributed by atoms with E-state index < -0.39 is 5.60 Å². The normalized spacial score (nSPS) is 24.7. The minimum absolute atomic E-state index is 0.165. The van der Waals surface area contributed by atoms with Gasteiger partial charge in [-0.25, -0.2) is 4.98 Å². The fraction of sp³-hybridized carbons (Fsp3) is 0.385. The molecule has 0 bridgehead atoms. The van der Waals surface area contributed by atoms with Gasteiger partial charge in [0.2, 0.25) is 0 Å². The van der Waals surface area contributed by atoms with Crippen molar-refractivity contribution in [2.75, 3.05) is 0 Å². The van der Waals surface area contributed by atoms with Crippen LogP contribution in [0.4, 0.5) is 0 Å². The third-order valence-corrected chi connectivity index (χ3v) is 2.72. The van der Waals surface area contributed by atoms with E-state index in [1.165, 1.54) is 0 Å². The summed E-state index contributed by atoms with van der Waals surface area (Å²) in [6, 6.07) is 5.37. The summed E-state index contributed by atoms with van der Waals surface area (Å²) in [6.07, 6.45) is 4.20. The number of aliphatic hydroxyl groups is 1. The van der Waals surface area contributed by atoms with E-state index in [4.69, 9.17) is 0 Å². The topological polar surface area (TPSA) is 50.2 Å². The Morgan fingerprint density at radius 1 is 1.38 bits per heavy atom. The molecule has 1 atom stereocenters. The van der Waals surface area contributed by atoms with Crippen molar-refractivity contribution in [3.63, 3.8) is 0 Å². The molecule has 1 saturated carbocycles. The van der Waals surface area contributed by atoms with E-state index >= 15 is 0 Å². The lowest BCUT2D eigenvalue weighted by molar-refractivity contribution is -0.134. The Balaban J connectivity index is 2.20. The van der Waals surface area contributed by atoms with E-state index in [0.29, 0.717) is 18.5 Å². The highest BCUT2D eigenvalue weighted by Gasteiger charge is 2.35. The van der Waals surface area contributed by atoms with Gasteiger partial charge in [0.1, 0.15) is 5.69 Å². The van der Waals surface area contributed by atoms with Gasteiger partial charge < -0.3 is 5.11 Å². The summed E-state index contributed by atoms with van der Waals surface area (Å²) in [5.74, 6) is 5.25. The average molecular weight is 215 g/mol. The SMILES string of the molecule is O=C1CCCCC1(O)C#Cc1ccccn1. The fourth-order valence-electron chi connectivity index (χ4n) is 1.75. The first-order valence-corrected chi connectivity index (χ1v) is 5.41. The van der Waals surface area contributed by atoms with Gasteiger partial charge in [-0.2, -0.15) is 0 Å². The van der Waals surface area contributed by atoms with Crippen LogP contribution in [-0.2, 0) is 4.79 Å². The van der Waals surface area contributed by atoms with Gasteiger partial charge in [0.15, 0.2) is 11.4 Å². The lowest BCUT2D eigenvalue weighted by Gasteiger charge is -2.24. The number of ketones is 1. The Labute approximate surface area is 94.5 Å². The summed E-state index contributed by atoms with van der Waals surface area (Å²) in [5, 5.41) is 10.1. The quantitative estimate of drug-likeness (QED) is 0.664. The number of carbonyl (C=O) groups excluding carboxylic acids is 1. The van der Waals surface area contributed by atoms with Crippen LogP contribution < -0.4 is 0 Å². The van der Waals surface area contributed by atoms with Crippen LogP contribution in [0, 0.1) is 11.8 Å². The van der Waals surface area contributed by atoms with Crippen LogP contribution in [0.1, 0.15) is 31.4 Å². The zero-order chi connectivity index (χ0) is 11.4. The molecule has 2 rings (SSSR count). The number of Topliss-reactive ketones (excluding diaryl/α,β-unsaturated/α-hetero) is 1. The van der Waals surface area contributed by atoms with E-state index in [0.717, 1.165) is 12.8 Å². The summed E-state index contributed by atoms with van der Waals surface area (Å²) < 4.78 is 0. The van der Waals surface area contributed by atoms with Crippen molar-refractivity contribution in [2.24, 2.45) is 0 Å². The molecule has 0 aliphatic heterocycles. The number of nitrogens with zero attached hydrogens (tertiary/aromatic N) is 1. The van der Waals surface area contributed by atoms with Gasteiger partial charge in [-0.3, -0.25) is 4.79 Å². The predicted molar refractivity (Wildman–Crippen MR) is 59.5 cm³/mol. The van der Waals surface area contributed by atoms with Crippen molar-refractivity contribution in [3.05, 3.63) is 30.1 Å². The van der Waals surface area contributed by atoms with Gasteiger partial charge in [0.25, 0.3) is 0 Å². The molecule has 16 heavy (non-hydrogen) atoms. The Bertz CT molecular complexity index is 444. The standard InChI is InChI=1S/C13H13NO2/c15-12-6-1-3-8-13(12,16)9-7-11-5-2-4-10-14-11/h2,4-5,10,16H,1,3,6,8H2. The number of rotatable bonds is 0. The van der Waals surface area contributed by atoms with Crippen LogP contribution in [0.3, 0.4) is 0 Å². The molecule has 0 spiro atoms. The minimum Gasteiger partial charge on any atom is -0.371 e. The van der Waals surface area contributed by atoms with Gasteiger partial charge in [0.05, 0.1) is 0 Å². The number of pyridine rings is 1. The highest BCUT2D eigenvalue weighted by Crippen LogP contribution is 2.24. The Morgan fingerprint density at radius 2 is 2.25 bits per heavy atom. The minimum atomic E-state index is -1.45. The Hall–Kier alpha value is -1.66. The lowest BCUT2D eigenvalue weighted by atomic mass is 9.84. The highest BCUT2D eigenvalue weighted by molar-refractivity contribution is 5.91. The molecule has 0 saturated heterocycles. The molecular formula is C13H13NO2. The third kappa shape index (κ3) is 2.29. The molecule has 0 amide bonds. The van der Waals surface area contributed by atoms with Crippen LogP contribution in [0.25, 0.3) is 0 Å². The van der Waals surface area contributed by atoms with Crippen molar-refractivity contribution >= 4 is 5.78 Å². The van der Waals surface area contributed by atoms with Gasteiger partial charge in [0, 0.05) is 12.6 Å². The van der Waals surface area contributed by atoms with Crippen molar-refractivity contribution in [1.82, 2.24) is 4.98 Å². The predicted octanol–water partition coefficient (Wildman–Crippen LogP) is 1.31. The van der Waals surface area contributed by atoms with E-state index in [2.05, 4.69) is 16.8 Å². The smallest absolute Gasteiger partial charge is 0.184 e. The summed E-state index contributed by atoms with van der Waals surface area (Å²) in [6.45, 7) is 0. The highest BCUT2D eigenvalue weighted by atomic mass is 16.3. The molecule has 3 nitrogen and oxygen atoms in total. The first kappa shape index (κ1) is 10.8. The lowest BCUT2D eigenvalue weighted by Crippen LogP contribution is -2.39. The molecule has 1 N–H and O–H groups in total. The molecule has 1 fully saturated rings. The molecule has 82 valence electrons. The van der Waals surface area contributed by atoms with Crippen molar-refractivity contribution < 1.29 is 9.90 Å². The first-order valence-electron chi connectivity index (χ1n) is 5.41. The third-order valence-electron chi connectivity index (χ3n) is 2.72. The van der Waals surface area contributed by atoms with Crippen LogP contribution >= 0.6 is 0 Å². The molecule has 3 heteroatoms. The van der Waals surface area contributed by atoms with Gasteiger partial charge in [-0.1, -0.05) is 12.0 Å². The van der Waals surface area contributed by atoms with E-state index in [-0.39, 0.29) is 5.78 Å². The summed E-state index contributed by atoms with van der Waals surface area (Å²) >= 11 is 0. The second kappa shape index (κ2) is 4.46. The van der Waals surface area contributed by atoms with Crippen LogP contribution in [-0.4, -0.2) is 21.5 Å². The van der Waals surface area contributed by atoms with Crippen LogP contribution in [0.15, 0.2) is 24.4 Å². The van der Waals surface area contributed by atoms with Crippen molar-refractivity contribution in [1.29, 1.82) is 0 Å². The van der Waals surface area contributed by atoms with Gasteiger partial charge >= 0.3 is 0 Å². The summed E-state index contributed by atoms with van der Waals surface area (Å²) in [7, 11) is 0. The molecule has 0 radical (unpaired) electrons. The van der Waals surface area contributed by atoms with Crippen molar-refractivity contribution in [3.8, 4) is 11.8 Å². The van der Waals surface area contributed by atoms with E-state index in [9.17, 15) is 9.90 Å². The molecule has 1 aromatic rings. The fourth-order valence-corrected chi connectivity index (χ4v) is 1.75. The van der Waals surface area contributed by atoms with Gasteiger partial charge in [-0.15, -0.1) is 0 Å². The zero-order valence-electron chi connectivity index (χ0n) is 8.94. The molecule has 1 aromatic heterocycles. The van der Waals surface area contributed by atoms with Crippen molar-refractivity contribution in [2.45, 2.75) is 31.3 Å². The van der Waals surface area contributed by atoms with Gasteiger partial charge in [-0.05, 0) is 37.3 Å². The Morgan fingerprint density at radius 3 is 2.94 bits per heavy atom. The second-order valence-electron chi connectivity index (χ2n) is 3.96. The maximum absolute atomic E-state index is 11.6. The Kier molecular flexibility index (Phi) is 3.02. The maximum Gasteiger partial charge on any atom is 0.184 e. The second-order valence-corrected chi connectivity index (χ2v) is 3.96. The maximum atomic E-state index is 11.6.